The maximum absolute atomic E-state index is 6.00. The topological polar surface area (TPSA) is 21.3 Å². The van der Waals surface area contributed by atoms with Crippen molar-refractivity contribution in [1.29, 1.82) is 0 Å². The summed E-state index contributed by atoms with van der Waals surface area (Å²) in [6.07, 6.45) is 1.02. The Hall–Kier alpha value is -1.03. The normalized spacial score (nSPS) is 12.4. The SMILES string of the molecule is CCCOc1ccc(C(NC)c2ccc(Cl)s2)cc1. The Balaban J connectivity index is 2.15. The van der Waals surface area contributed by atoms with Crippen LogP contribution in [0.1, 0.15) is 29.8 Å². The maximum atomic E-state index is 6.00. The van der Waals surface area contributed by atoms with Crippen LogP contribution in [0, 0.1) is 0 Å². The highest BCUT2D eigenvalue weighted by molar-refractivity contribution is 7.16. The highest BCUT2D eigenvalue weighted by Gasteiger charge is 2.14. The van der Waals surface area contributed by atoms with E-state index in [0.29, 0.717) is 0 Å². The van der Waals surface area contributed by atoms with Crippen molar-refractivity contribution in [2.45, 2.75) is 19.4 Å². The van der Waals surface area contributed by atoms with E-state index in [9.17, 15) is 0 Å². The number of nitrogens with one attached hydrogen (secondary N) is 1. The van der Waals surface area contributed by atoms with Gasteiger partial charge in [0.05, 0.1) is 17.0 Å². The van der Waals surface area contributed by atoms with Crippen LogP contribution < -0.4 is 10.1 Å². The van der Waals surface area contributed by atoms with E-state index in [-0.39, 0.29) is 6.04 Å². The molecule has 0 aliphatic rings. The van der Waals surface area contributed by atoms with E-state index in [4.69, 9.17) is 16.3 Å². The Morgan fingerprint density at radius 3 is 2.47 bits per heavy atom. The van der Waals surface area contributed by atoms with Crippen LogP contribution >= 0.6 is 22.9 Å². The highest BCUT2D eigenvalue weighted by Crippen LogP contribution is 2.31. The van der Waals surface area contributed by atoms with Gasteiger partial charge >= 0.3 is 0 Å². The number of hydrogen-bond acceptors (Lipinski definition) is 3. The first-order valence-corrected chi connectivity index (χ1v) is 7.59. The summed E-state index contributed by atoms with van der Waals surface area (Å²) in [5, 5.41) is 3.32. The van der Waals surface area contributed by atoms with Crippen molar-refractivity contribution in [2.75, 3.05) is 13.7 Å². The molecule has 0 amide bonds. The molecule has 4 heteroatoms. The third-order valence-electron chi connectivity index (χ3n) is 2.85. The van der Waals surface area contributed by atoms with Gasteiger partial charge in [0.25, 0.3) is 0 Å². The zero-order valence-electron chi connectivity index (χ0n) is 11.2. The molecular weight excluding hydrogens is 278 g/mol. The van der Waals surface area contributed by atoms with Gasteiger partial charge < -0.3 is 10.1 Å². The molecule has 0 aliphatic heterocycles. The lowest BCUT2D eigenvalue weighted by Gasteiger charge is -2.15. The van der Waals surface area contributed by atoms with Gasteiger partial charge in [0, 0.05) is 4.88 Å². The summed E-state index contributed by atoms with van der Waals surface area (Å²) in [6.45, 7) is 2.86. The Morgan fingerprint density at radius 2 is 1.95 bits per heavy atom. The molecule has 0 saturated heterocycles. The maximum Gasteiger partial charge on any atom is 0.119 e. The molecule has 2 nitrogen and oxygen atoms in total. The number of ether oxygens (including phenoxy) is 1. The fourth-order valence-electron chi connectivity index (χ4n) is 1.93. The van der Waals surface area contributed by atoms with Crippen molar-refractivity contribution in [1.82, 2.24) is 5.32 Å². The third kappa shape index (κ3) is 3.72. The van der Waals surface area contributed by atoms with E-state index in [1.807, 2.05) is 25.2 Å². The van der Waals surface area contributed by atoms with Crippen molar-refractivity contribution < 1.29 is 4.74 Å². The first-order valence-electron chi connectivity index (χ1n) is 6.40. The summed E-state index contributed by atoms with van der Waals surface area (Å²) >= 11 is 7.61. The van der Waals surface area contributed by atoms with Crippen molar-refractivity contribution in [3.05, 3.63) is 51.2 Å². The van der Waals surface area contributed by atoms with Gasteiger partial charge in [0.2, 0.25) is 0 Å². The number of rotatable bonds is 6. The molecule has 1 N–H and O–H groups in total. The lowest BCUT2D eigenvalue weighted by atomic mass is 10.1. The van der Waals surface area contributed by atoms with Crippen LogP contribution in [0.5, 0.6) is 5.75 Å². The number of thiophene rings is 1. The summed E-state index contributed by atoms with van der Waals surface area (Å²) in [4.78, 5) is 1.22. The van der Waals surface area contributed by atoms with Crippen LogP contribution in [-0.2, 0) is 0 Å². The molecule has 1 aromatic heterocycles. The first-order chi connectivity index (χ1) is 9.24. The molecule has 102 valence electrons. The van der Waals surface area contributed by atoms with Crippen molar-refractivity contribution in [2.24, 2.45) is 0 Å². The summed E-state index contributed by atoms with van der Waals surface area (Å²) in [6, 6.07) is 12.4. The fourth-order valence-corrected chi connectivity index (χ4v) is 3.13. The molecule has 1 atom stereocenters. The average molecular weight is 296 g/mol. The predicted octanol–water partition coefficient (Wildman–Crippen LogP) is 4.50. The minimum Gasteiger partial charge on any atom is -0.494 e. The Morgan fingerprint density at radius 1 is 1.21 bits per heavy atom. The zero-order valence-corrected chi connectivity index (χ0v) is 12.7. The summed E-state index contributed by atoms with van der Waals surface area (Å²) < 4.78 is 6.41. The van der Waals surface area contributed by atoms with Gasteiger partial charge in [-0.1, -0.05) is 30.7 Å². The summed E-state index contributed by atoms with van der Waals surface area (Å²) in [5.74, 6) is 0.921. The number of hydrogen-bond donors (Lipinski definition) is 1. The molecule has 0 fully saturated rings. The minimum atomic E-state index is 0.178. The Bertz CT molecular complexity index is 509. The van der Waals surface area contributed by atoms with E-state index < -0.39 is 0 Å². The molecule has 0 radical (unpaired) electrons. The van der Waals surface area contributed by atoms with Gasteiger partial charge in [-0.15, -0.1) is 11.3 Å². The lowest BCUT2D eigenvalue weighted by Crippen LogP contribution is -2.16. The first kappa shape index (κ1) is 14.4. The van der Waals surface area contributed by atoms with E-state index >= 15 is 0 Å². The van der Waals surface area contributed by atoms with Crippen molar-refractivity contribution >= 4 is 22.9 Å². The molecule has 1 heterocycles. The minimum absolute atomic E-state index is 0.178. The quantitative estimate of drug-likeness (QED) is 0.847. The van der Waals surface area contributed by atoms with Gasteiger partial charge in [0.15, 0.2) is 0 Å². The van der Waals surface area contributed by atoms with E-state index in [1.165, 1.54) is 10.4 Å². The van der Waals surface area contributed by atoms with Crippen LogP contribution in [0.2, 0.25) is 4.34 Å². The van der Waals surface area contributed by atoms with Gasteiger partial charge in [-0.3, -0.25) is 0 Å². The van der Waals surface area contributed by atoms with E-state index in [2.05, 4.69) is 30.4 Å². The van der Waals surface area contributed by atoms with Crippen LogP contribution in [0.25, 0.3) is 0 Å². The van der Waals surface area contributed by atoms with E-state index in [0.717, 1.165) is 23.1 Å². The lowest BCUT2D eigenvalue weighted by molar-refractivity contribution is 0.317. The predicted molar refractivity (Wildman–Crippen MR) is 82.5 cm³/mol. The molecule has 0 spiro atoms. The molecule has 0 saturated carbocycles. The van der Waals surface area contributed by atoms with Gasteiger partial charge in [0.1, 0.15) is 5.75 Å². The molecule has 0 bridgehead atoms. The second-order valence-corrected chi connectivity index (χ2v) is 6.03. The molecule has 0 aliphatic carbocycles. The van der Waals surface area contributed by atoms with Gasteiger partial charge in [-0.2, -0.15) is 0 Å². The van der Waals surface area contributed by atoms with E-state index in [1.54, 1.807) is 11.3 Å². The number of benzene rings is 1. The highest BCUT2D eigenvalue weighted by atomic mass is 35.5. The summed E-state index contributed by atoms with van der Waals surface area (Å²) in [5.41, 5.74) is 1.21. The fraction of sp³-hybridized carbons (Fsp3) is 0.333. The Kier molecular flexibility index (Phi) is 5.25. The number of halogens is 1. The second-order valence-electron chi connectivity index (χ2n) is 4.28. The Labute approximate surface area is 123 Å². The smallest absolute Gasteiger partial charge is 0.119 e. The monoisotopic (exact) mass is 295 g/mol. The standard InChI is InChI=1S/C15H18ClNOS/c1-3-10-18-12-6-4-11(5-7-12)15(17-2)13-8-9-14(16)19-13/h4-9,15,17H,3,10H2,1-2H3. The third-order valence-corrected chi connectivity index (χ3v) is 4.15. The molecule has 1 unspecified atom stereocenters. The summed E-state index contributed by atoms with van der Waals surface area (Å²) in [7, 11) is 1.96. The second kappa shape index (κ2) is 6.94. The van der Waals surface area contributed by atoms with Crippen molar-refractivity contribution in [3.63, 3.8) is 0 Å². The zero-order chi connectivity index (χ0) is 13.7. The van der Waals surface area contributed by atoms with Crippen molar-refractivity contribution in [3.8, 4) is 5.75 Å². The largest absolute Gasteiger partial charge is 0.494 e. The molecule has 2 rings (SSSR count). The van der Waals surface area contributed by atoms with Crippen LogP contribution in [0.15, 0.2) is 36.4 Å². The van der Waals surface area contributed by atoms with Crippen LogP contribution in [0.4, 0.5) is 0 Å². The van der Waals surface area contributed by atoms with Crippen LogP contribution in [-0.4, -0.2) is 13.7 Å². The molecule has 1 aromatic carbocycles. The molecule has 2 aromatic rings. The molecule has 19 heavy (non-hydrogen) atoms. The average Bonchev–Trinajstić information content (AvgIpc) is 2.85. The van der Waals surface area contributed by atoms with Crippen LogP contribution in [0.3, 0.4) is 0 Å². The van der Waals surface area contributed by atoms with Gasteiger partial charge in [-0.05, 0) is 43.3 Å². The van der Waals surface area contributed by atoms with Gasteiger partial charge in [-0.25, -0.2) is 0 Å². The molecular formula is C15H18ClNOS.